The fourth-order valence-corrected chi connectivity index (χ4v) is 8.31. The van der Waals surface area contributed by atoms with Gasteiger partial charge in [0, 0.05) is 27.6 Å². The van der Waals surface area contributed by atoms with E-state index in [0.717, 1.165) is 23.3 Å². The normalized spacial score (nSPS) is 12.1. The van der Waals surface area contributed by atoms with E-state index in [0.29, 0.717) is 54.7 Å². The van der Waals surface area contributed by atoms with Crippen molar-refractivity contribution in [2.45, 2.75) is 6.18 Å². The van der Waals surface area contributed by atoms with Gasteiger partial charge in [0.1, 0.15) is 5.56 Å². The quantitative estimate of drug-likeness (QED) is 0.122. The molecule has 2 aromatic heterocycles. The number of alkyl halides is 3. The molecule has 0 bridgehead atoms. The van der Waals surface area contributed by atoms with E-state index >= 15 is 22.0 Å². The van der Waals surface area contributed by atoms with Gasteiger partial charge in [-0.2, -0.15) is 13.2 Å². The lowest BCUT2D eigenvalue weighted by Crippen LogP contribution is -2.16. The fourth-order valence-electron chi connectivity index (χ4n) is 8.31. The summed E-state index contributed by atoms with van der Waals surface area (Å²) in [5.41, 5.74) is 0.775. The third kappa shape index (κ3) is 5.49. The Morgan fingerprint density at radius 2 is 0.741 bits per heavy atom. The minimum atomic E-state index is -5.09. The molecule has 0 radical (unpaired) electrons. The lowest BCUT2D eigenvalue weighted by Gasteiger charge is -2.23. The van der Waals surface area contributed by atoms with Gasteiger partial charge >= 0.3 is 6.18 Å². The van der Waals surface area contributed by atoms with Gasteiger partial charge in [-0.3, -0.25) is 0 Å². The minimum absolute atomic E-state index is 0.0796. The molecule has 0 unspecified atom stereocenters. The van der Waals surface area contributed by atoms with Gasteiger partial charge < -0.3 is 9.13 Å². The van der Waals surface area contributed by atoms with E-state index in [1.807, 2.05) is 84.9 Å². The van der Waals surface area contributed by atoms with E-state index in [4.69, 9.17) is 0 Å². The van der Waals surface area contributed by atoms with Gasteiger partial charge in [-0.25, -0.2) is 17.6 Å². The van der Waals surface area contributed by atoms with Gasteiger partial charge in [0.25, 0.3) is 0 Å². The van der Waals surface area contributed by atoms with Crippen LogP contribution < -0.4 is 0 Å². The van der Waals surface area contributed by atoms with Crippen LogP contribution in [0.1, 0.15) is 5.56 Å². The molecule has 0 saturated heterocycles. The highest BCUT2D eigenvalue weighted by Gasteiger charge is 2.40. The van der Waals surface area contributed by atoms with E-state index in [1.165, 1.54) is 9.13 Å². The molecular weight excluding hydrogens is 750 g/mol. The molecule has 0 aliphatic carbocycles. The summed E-state index contributed by atoms with van der Waals surface area (Å²) in [6.45, 7) is 0. The predicted octanol–water partition coefficient (Wildman–Crippen LogP) is 14.5. The van der Waals surface area contributed by atoms with Crippen LogP contribution in [0.2, 0.25) is 0 Å². The maximum atomic E-state index is 16.3. The Labute approximate surface area is 326 Å². The monoisotopic (exact) mass is 776 g/mol. The Morgan fingerprint density at radius 3 is 1.17 bits per heavy atom. The molecule has 8 aromatic carbocycles. The number of halogens is 7. The van der Waals surface area contributed by atoms with Crippen molar-refractivity contribution in [3.63, 3.8) is 0 Å². The molecule has 0 N–H and O–H groups in total. The Balaban J connectivity index is 1.41. The second-order valence-corrected chi connectivity index (χ2v) is 14.1. The first-order chi connectivity index (χ1) is 28.1. The number of hydrogen-bond donors (Lipinski definition) is 0. The van der Waals surface area contributed by atoms with Gasteiger partial charge in [-0.15, -0.1) is 0 Å². The maximum absolute atomic E-state index is 16.3. The van der Waals surface area contributed by atoms with E-state index in [9.17, 15) is 8.78 Å². The summed E-state index contributed by atoms with van der Waals surface area (Å²) >= 11 is 0. The van der Waals surface area contributed by atoms with Gasteiger partial charge in [0.2, 0.25) is 0 Å². The molecular formula is C49H27F7N2. The lowest BCUT2D eigenvalue weighted by molar-refractivity contribution is -0.137. The number of para-hydroxylation sites is 2. The number of hydrogen-bond acceptors (Lipinski definition) is 0. The van der Waals surface area contributed by atoms with Crippen LogP contribution in [0.3, 0.4) is 0 Å². The standard InChI is InChI=1S/C49H27F7N2/c50-37-27-38(51)48(53)45(47(37)52)32-25-43(57-39-17-9-7-15-33(39)35-21-19-30(23-41(35)57)28-11-3-1-4-12-28)46(49(54,55)56)44(26-32)58-40-18-10-8-16-34(40)36-22-20-31(24-42(36)58)29-13-5-2-6-14-29/h1-27H. The zero-order valence-corrected chi connectivity index (χ0v) is 30.1. The van der Waals surface area contributed by atoms with E-state index in [-0.39, 0.29) is 6.07 Å². The van der Waals surface area contributed by atoms with Crippen LogP contribution in [0, 0.1) is 23.3 Å². The largest absolute Gasteiger partial charge is 0.420 e. The third-order valence-corrected chi connectivity index (χ3v) is 10.8. The Kier molecular flexibility index (Phi) is 8.05. The molecule has 0 atom stereocenters. The maximum Gasteiger partial charge on any atom is 0.420 e. The average molecular weight is 777 g/mol. The molecule has 2 nitrogen and oxygen atoms in total. The van der Waals surface area contributed by atoms with Crippen molar-refractivity contribution in [3.05, 3.63) is 193 Å². The lowest BCUT2D eigenvalue weighted by atomic mass is 9.97. The summed E-state index contributed by atoms with van der Waals surface area (Å²) in [7, 11) is 0. The van der Waals surface area contributed by atoms with Crippen molar-refractivity contribution in [3.8, 4) is 44.8 Å². The number of aromatic nitrogens is 2. The number of nitrogens with zero attached hydrogens (tertiary/aromatic N) is 2. The highest BCUT2D eigenvalue weighted by atomic mass is 19.4. The molecule has 2 heterocycles. The fraction of sp³-hybridized carbons (Fsp3) is 0.0204. The molecule has 0 spiro atoms. The number of benzene rings is 8. The van der Waals surface area contributed by atoms with Crippen LogP contribution in [0.15, 0.2) is 164 Å². The molecule has 10 aromatic rings. The summed E-state index contributed by atoms with van der Waals surface area (Å²) in [6, 6.07) is 45.4. The van der Waals surface area contributed by atoms with Crippen molar-refractivity contribution in [1.29, 1.82) is 0 Å². The van der Waals surface area contributed by atoms with Crippen molar-refractivity contribution in [2.24, 2.45) is 0 Å². The Morgan fingerprint density at radius 1 is 0.345 bits per heavy atom. The van der Waals surface area contributed by atoms with Gasteiger partial charge in [-0.05, 0) is 64.2 Å². The second-order valence-electron chi connectivity index (χ2n) is 14.1. The van der Waals surface area contributed by atoms with E-state index in [1.54, 1.807) is 60.7 Å². The van der Waals surface area contributed by atoms with Crippen molar-refractivity contribution < 1.29 is 30.7 Å². The molecule has 282 valence electrons. The molecule has 0 fully saturated rings. The molecule has 0 aliphatic rings. The first-order valence-corrected chi connectivity index (χ1v) is 18.3. The smallest absolute Gasteiger partial charge is 0.309 e. The first-order valence-electron chi connectivity index (χ1n) is 18.3. The SMILES string of the molecule is Fc1cc(F)c(F)c(-c2cc(-n3c4ccccc4c4ccc(-c5ccccc5)cc43)c(C(F)(F)F)c(-n3c4ccccc4c4ccc(-c5ccccc5)cc43)c2)c1F. The van der Waals surface area contributed by atoms with Gasteiger partial charge in [0.15, 0.2) is 23.3 Å². The Bertz CT molecular complexity index is 3050. The van der Waals surface area contributed by atoms with Gasteiger partial charge in [-0.1, -0.05) is 121 Å². The van der Waals surface area contributed by atoms with Crippen LogP contribution in [0.4, 0.5) is 30.7 Å². The topological polar surface area (TPSA) is 9.86 Å². The molecule has 0 saturated carbocycles. The van der Waals surface area contributed by atoms with Crippen LogP contribution >= 0.6 is 0 Å². The highest BCUT2D eigenvalue weighted by Crippen LogP contribution is 2.47. The van der Waals surface area contributed by atoms with Crippen LogP contribution in [-0.4, -0.2) is 9.13 Å². The van der Waals surface area contributed by atoms with Crippen molar-refractivity contribution >= 4 is 43.6 Å². The Hall–Kier alpha value is -7.13. The molecule has 10 rings (SSSR count). The highest BCUT2D eigenvalue weighted by molar-refractivity contribution is 6.12. The van der Waals surface area contributed by atoms with Crippen LogP contribution in [0.5, 0.6) is 0 Å². The van der Waals surface area contributed by atoms with E-state index in [2.05, 4.69) is 0 Å². The summed E-state index contributed by atoms with van der Waals surface area (Å²) < 4.78 is 114. The average Bonchev–Trinajstić information content (AvgIpc) is 3.75. The van der Waals surface area contributed by atoms with Gasteiger partial charge in [0.05, 0.1) is 39.0 Å². The second kappa shape index (κ2) is 13.2. The predicted molar refractivity (Wildman–Crippen MR) is 216 cm³/mol. The van der Waals surface area contributed by atoms with E-state index < -0.39 is 57.5 Å². The third-order valence-electron chi connectivity index (χ3n) is 10.8. The summed E-state index contributed by atoms with van der Waals surface area (Å²) in [6.07, 6.45) is -5.09. The number of rotatable bonds is 5. The summed E-state index contributed by atoms with van der Waals surface area (Å²) in [5, 5.41) is 2.48. The van der Waals surface area contributed by atoms with Crippen molar-refractivity contribution in [1.82, 2.24) is 9.13 Å². The van der Waals surface area contributed by atoms with Crippen LogP contribution in [0.25, 0.3) is 88.4 Å². The minimum Gasteiger partial charge on any atom is -0.309 e. The summed E-state index contributed by atoms with van der Waals surface area (Å²) in [4.78, 5) is 0. The zero-order chi connectivity index (χ0) is 39.9. The molecule has 0 aliphatic heterocycles. The molecule has 9 heteroatoms. The molecule has 58 heavy (non-hydrogen) atoms. The molecule has 0 amide bonds. The number of fused-ring (bicyclic) bond motifs is 6. The summed E-state index contributed by atoms with van der Waals surface area (Å²) in [5.74, 6) is -6.85. The first kappa shape index (κ1) is 35.3. The zero-order valence-electron chi connectivity index (χ0n) is 30.1. The van der Waals surface area contributed by atoms with Crippen LogP contribution in [-0.2, 0) is 6.18 Å². The van der Waals surface area contributed by atoms with Crippen molar-refractivity contribution in [2.75, 3.05) is 0 Å².